The third-order valence-corrected chi connectivity index (χ3v) is 3.04. The van der Waals surface area contributed by atoms with Crippen molar-refractivity contribution in [2.75, 3.05) is 19.7 Å². The molecule has 0 aliphatic carbocycles. The molecule has 0 aliphatic rings. The van der Waals surface area contributed by atoms with Gasteiger partial charge in [0.15, 0.2) is 0 Å². The highest BCUT2D eigenvalue weighted by Crippen LogP contribution is 2.01. The zero-order chi connectivity index (χ0) is 12.6. The number of nitrogens with one attached hydrogen (secondary N) is 1. The lowest BCUT2D eigenvalue weighted by Crippen LogP contribution is -2.42. The fourth-order valence-corrected chi connectivity index (χ4v) is 2.24. The Labute approximate surface area is 96.1 Å². The number of primary amides is 1. The summed E-state index contributed by atoms with van der Waals surface area (Å²) in [4.78, 5) is 16.7. The third kappa shape index (κ3) is 6.01. The summed E-state index contributed by atoms with van der Waals surface area (Å²) in [6, 6.07) is 0. The molecule has 0 spiro atoms. The second-order valence-electron chi connectivity index (χ2n) is 3.24. The van der Waals surface area contributed by atoms with E-state index in [4.69, 9.17) is 5.73 Å². The van der Waals surface area contributed by atoms with Gasteiger partial charge in [-0.1, -0.05) is 18.7 Å². The van der Waals surface area contributed by atoms with Crippen LogP contribution in [0, 0.1) is 0 Å². The fourth-order valence-electron chi connectivity index (χ4n) is 1.08. The van der Waals surface area contributed by atoms with Crippen LogP contribution in [0.15, 0.2) is 0 Å². The average molecular weight is 253 g/mol. The minimum Gasteiger partial charge on any atom is -0.368 e. The molecule has 0 aromatic rings. The number of nitrogens with zero attached hydrogens (tertiary/aromatic N) is 1. The number of rotatable bonds is 9. The van der Waals surface area contributed by atoms with E-state index in [0.717, 1.165) is 0 Å². The van der Waals surface area contributed by atoms with Crippen molar-refractivity contribution in [2.45, 2.75) is 26.7 Å². The van der Waals surface area contributed by atoms with E-state index in [0.29, 0.717) is 25.9 Å². The highest BCUT2D eigenvalue weighted by Gasteiger charge is 2.20. The summed E-state index contributed by atoms with van der Waals surface area (Å²) in [6.45, 7) is 4.09. The molecule has 96 valence electrons. The Hall–Kier alpha value is -0.700. The zero-order valence-corrected chi connectivity index (χ0v) is 10.4. The summed E-state index contributed by atoms with van der Waals surface area (Å²) in [5.41, 5.74) is 4.80. The van der Waals surface area contributed by atoms with Crippen LogP contribution in [0.2, 0.25) is 0 Å². The van der Waals surface area contributed by atoms with Gasteiger partial charge in [-0.15, -0.1) is 0 Å². The molecule has 0 saturated carbocycles. The van der Waals surface area contributed by atoms with Crippen LogP contribution < -0.4 is 10.6 Å². The molecule has 8 heteroatoms. The number of amides is 1. The van der Waals surface area contributed by atoms with Gasteiger partial charge in [-0.05, 0) is 12.8 Å². The summed E-state index contributed by atoms with van der Waals surface area (Å²) >= 11 is 0. The van der Waals surface area contributed by atoms with E-state index in [1.54, 1.807) is 0 Å². The van der Waals surface area contributed by atoms with E-state index >= 15 is 0 Å². The maximum absolute atomic E-state index is 11.6. The molecule has 16 heavy (non-hydrogen) atoms. The van der Waals surface area contributed by atoms with Crippen LogP contribution >= 0.6 is 0 Å². The number of carbonyl (C=O) groups excluding carboxylic acids is 1. The van der Waals surface area contributed by atoms with Crippen LogP contribution in [-0.4, -0.2) is 38.3 Å². The van der Waals surface area contributed by atoms with Crippen molar-refractivity contribution in [2.24, 2.45) is 5.73 Å². The van der Waals surface area contributed by atoms with Gasteiger partial charge >= 0.3 is 10.2 Å². The first-order chi connectivity index (χ1) is 7.44. The largest absolute Gasteiger partial charge is 0.368 e. The topological polar surface area (TPSA) is 102 Å². The van der Waals surface area contributed by atoms with Crippen molar-refractivity contribution in [3.05, 3.63) is 0 Å². The first kappa shape index (κ1) is 15.3. The van der Waals surface area contributed by atoms with E-state index in [2.05, 4.69) is 4.84 Å². The summed E-state index contributed by atoms with van der Waals surface area (Å²) in [7, 11) is -3.69. The summed E-state index contributed by atoms with van der Waals surface area (Å²) in [6.07, 6.45) is 1.41. The van der Waals surface area contributed by atoms with Gasteiger partial charge in [-0.25, -0.2) is 0 Å². The van der Waals surface area contributed by atoms with E-state index in [1.807, 2.05) is 18.7 Å². The predicted molar refractivity (Wildman–Crippen MR) is 59.4 cm³/mol. The van der Waals surface area contributed by atoms with Gasteiger partial charge in [0.05, 0.1) is 0 Å². The maximum atomic E-state index is 11.6. The lowest BCUT2D eigenvalue weighted by molar-refractivity contribution is -0.123. The summed E-state index contributed by atoms with van der Waals surface area (Å²) in [5.74, 6) is -0.736. The highest BCUT2D eigenvalue weighted by molar-refractivity contribution is 7.87. The van der Waals surface area contributed by atoms with Crippen molar-refractivity contribution in [1.29, 1.82) is 0 Å². The second-order valence-corrected chi connectivity index (χ2v) is 4.88. The van der Waals surface area contributed by atoms with Crippen molar-refractivity contribution < 1.29 is 18.0 Å². The number of hydrogen-bond donors (Lipinski definition) is 2. The highest BCUT2D eigenvalue weighted by atomic mass is 32.2. The molecule has 0 heterocycles. The van der Waals surface area contributed by atoms with Gasteiger partial charge in [0.25, 0.3) is 0 Å². The predicted octanol–water partition coefficient (Wildman–Crippen LogP) is -0.640. The Morgan fingerprint density at radius 3 is 2.19 bits per heavy atom. The molecule has 0 unspecified atom stereocenters. The molecule has 7 nitrogen and oxygen atoms in total. The van der Waals surface area contributed by atoms with Crippen LogP contribution in [0.4, 0.5) is 0 Å². The van der Waals surface area contributed by atoms with Crippen LogP contribution in [-0.2, 0) is 19.8 Å². The molecule has 0 aromatic heterocycles. The Kier molecular flexibility index (Phi) is 7.22. The van der Waals surface area contributed by atoms with E-state index in [1.165, 1.54) is 4.31 Å². The van der Waals surface area contributed by atoms with Crippen molar-refractivity contribution >= 4 is 16.1 Å². The zero-order valence-electron chi connectivity index (χ0n) is 9.60. The first-order valence-electron chi connectivity index (χ1n) is 5.11. The van der Waals surface area contributed by atoms with Gasteiger partial charge in [0, 0.05) is 13.1 Å². The van der Waals surface area contributed by atoms with Gasteiger partial charge in [-0.3, -0.25) is 9.63 Å². The number of hydrogen-bond acceptors (Lipinski definition) is 4. The molecular weight excluding hydrogens is 234 g/mol. The quantitative estimate of drug-likeness (QED) is 0.533. The summed E-state index contributed by atoms with van der Waals surface area (Å²) in [5, 5.41) is 0. The van der Waals surface area contributed by atoms with Gasteiger partial charge in [-0.2, -0.15) is 12.7 Å². The molecule has 0 rings (SSSR count). The smallest absolute Gasteiger partial charge is 0.301 e. The SMILES string of the molecule is CCCN(CCC)S(=O)(=O)NOCC(N)=O. The third-order valence-electron chi connectivity index (χ3n) is 1.66. The van der Waals surface area contributed by atoms with Crippen LogP contribution in [0.3, 0.4) is 0 Å². The van der Waals surface area contributed by atoms with Crippen molar-refractivity contribution in [3.8, 4) is 0 Å². The Morgan fingerprint density at radius 1 is 1.31 bits per heavy atom. The molecule has 0 bridgehead atoms. The maximum Gasteiger partial charge on any atom is 0.301 e. The van der Waals surface area contributed by atoms with Crippen LogP contribution in [0.5, 0.6) is 0 Å². The van der Waals surface area contributed by atoms with E-state index in [-0.39, 0.29) is 0 Å². The van der Waals surface area contributed by atoms with E-state index in [9.17, 15) is 13.2 Å². The standard InChI is InChI=1S/C8H19N3O4S/c1-3-5-11(6-4-2)16(13,14)10-15-7-8(9)12/h10H,3-7H2,1-2H3,(H2,9,12). The minimum absolute atomic E-state index is 0.406. The van der Waals surface area contributed by atoms with E-state index < -0.39 is 22.7 Å². The second kappa shape index (κ2) is 7.55. The molecule has 0 atom stereocenters. The van der Waals surface area contributed by atoms with Crippen LogP contribution in [0.1, 0.15) is 26.7 Å². The Morgan fingerprint density at radius 2 is 1.81 bits per heavy atom. The fraction of sp³-hybridized carbons (Fsp3) is 0.875. The molecule has 0 aliphatic heterocycles. The molecule has 0 saturated heterocycles. The monoisotopic (exact) mass is 253 g/mol. The Bertz CT molecular complexity index is 298. The molecule has 3 N–H and O–H groups in total. The van der Waals surface area contributed by atoms with Crippen molar-refractivity contribution in [3.63, 3.8) is 0 Å². The molecule has 0 radical (unpaired) electrons. The van der Waals surface area contributed by atoms with Crippen LogP contribution in [0.25, 0.3) is 0 Å². The molecule has 1 amide bonds. The average Bonchev–Trinajstić information content (AvgIpc) is 2.16. The summed E-state index contributed by atoms with van der Waals surface area (Å²) < 4.78 is 24.5. The number of carbonyl (C=O) groups is 1. The van der Waals surface area contributed by atoms with Crippen molar-refractivity contribution in [1.82, 2.24) is 9.19 Å². The lowest BCUT2D eigenvalue weighted by atomic mass is 10.4. The first-order valence-corrected chi connectivity index (χ1v) is 6.55. The van der Waals surface area contributed by atoms with Gasteiger partial charge in [0.1, 0.15) is 6.61 Å². The van der Waals surface area contributed by atoms with Gasteiger partial charge < -0.3 is 5.73 Å². The molecule has 0 aromatic carbocycles. The van der Waals surface area contributed by atoms with Gasteiger partial charge in [0.2, 0.25) is 5.91 Å². The minimum atomic E-state index is -3.69. The molecule has 0 fully saturated rings. The lowest BCUT2D eigenvalue weighted by Gasteiger charge is -2.20. The number of nitrogens with two attached hydrogens (primary N) is 1. The Balaban J connectivity index is 4.29. The normalized spacial score (nSPS) is 11.9. The molecular formula is C8H19N3O4S.